The Hall–Kier alpha value is -1.22. The molecule has 2 rings (SSSR count). The predicted molar refractivity (Wildman–Crippen MR) is 116 cm³/mol. The normalized spacial score (nSPS) is 34.4. The fourth-order valence-electron chi connectivity index (χ4n) is 5.63. The Morgan fingerprint density at radius 2 is 2.00 bits per heavy atom. The van der Waals surface area contributed by atoms with E-state index >= 15 is 0 Å². The molecule has 1 amide bonds. The lowest BCUT2D eigenvalue weighted by molar-refractivity contribution is -0.124. The number of allylic oxidation sites excluding steroid dienone is 2. The SMILES string of the molecule is C=C1CC[C@@H]2[C@](C)(CCC[C@@]2(C)/C=C/C(O)C(C)O)[C@H]1CC(=O)NCCS(=O)(=O)O. The van der Waals surface area contributed by atoms with E-state index in [9.17, 15) is 23.4 Å². The van der Waals surface area contributed by atoms with Crippen molar-refractivity contribution in [3.05, 3.63) is 24.3 Å². The number of hydrogen-bond acceptors (Lipinski definition) is 5. The molecular weight excluding hydrogens is 406 g/mol. The number of amides is 1. The van der Waals surface area contributed by atoms with Crippen molar-refractivity contribution in [3.63, 3.8) is 0 Å². The molecule has 2 saturated carbocycles. The van der Waals surface area contributed by atoms with E-state index in [1.807, 2.05) is 6.08 Å². The van der Waals surface area contributed by atoms with E-state index in [0.717, 1.165) is 37.7 Å². The first-order valence-electron chi connectivity index (χ1n) is 10.7. The van der Waals surface area contributed by atoms with Crippen molar-refractivity contribution in [2.45, 2.75) is 71.5 Å². The van der Waals surface area contributed by atoms with E-state index in [0.29, 0.717) is 5.92 Å². The summed E-state index contributed by atoms with van der Waals surface area (Å²) in [6.45, 7) is 10.1. The van der Waals surface area contributed by atoms with Gasteiger partial charge in [0.15, 0.2) is 0 Å². The molecule has 8 heteroatoms. The summed E-state index contributed by atoms with van der Waals surface area (Å²) in [5, 5.41) is 22.2. The predicted octanol–water partition coefficient (Wildman–Crippen LogP) is 2.46. The molecule has 2 fully saturated rings. The van der Waals surface area contributed by atoms with Gasteiger partial charge in [-0.25, -0.2) is 0 Å². The zero-order chi connectivity index (χ0) is 22.7. The van der Waals surface area contributed by atoms with Crippen molar-refractivity contribution in [3.8, 4) is 0 Å². The number of fused-ring (bicyclic) bond motifs is 1. The number of carbonyl (C=O) groups excluding carboxylic acids is 1. The first kappa shape index (κ1) is 25.0. The Labute approximate surface area is 180 Å². The van der Waals surface area contributed by atoms with Crippen LogP contribution in [0.4, 0.5) is 0 Å². The van der Waals surface area contributed by atoms with Crippen LogP contribution in [0.15, 0.2) is 24.3 Å². The van der Waals surface area contributed by atoms with E-state index in [-0.39, 0.29) is 35.6 Å². The molecule has 0 spiro atoms. The monoisotopic (exact) mass is 443 g/mol. The van der Waals surface area contributed by atoms with Crippen LogP contribution in [0.2, 0.25) is 0 Å². The highest BCUT2D eigenvalue weighted by molar-refractivity contribution is 7.85. The van der Waals surface area contributed by atoms with Gasteiger partial charge in [-0.3, -0.25) is 9.35 Å². The third kappa shape index (κ3) is 5.93. The van der Waals surface area contributed by atoms with Crippen molar-refractivity contribution in [1.29, 1.82) is 0 Å². The van der Waals surface area contributed by atoms with Gasteiger partial charge in [-0.05, 0) is 55.3 Å². The van der Waals surface area contributed by atoms with Crippen molar-refractivity contribution in [2.75, 3.05) is 12.3 Å². The highest BCUT2D eigenvalue weighted by Crippen LogP contribution is 2.62. The molecule has 2 aliphatic carbocycles. The molecule has 0 bridgehead atoms. The van der Waals surface area contributed by atoms with E-state index in [1.54, 1.807) is 13.0 Å². The largest absolute Gasteiger partial charge is 0.390 e. The van der Waals surface area contributed by atoms with Crippen LogP contribution in [0.5, 0.6) is 0 Å². The first-order chi connectivity index (χ1) is 13.8. The van der Waals surface area contributed by atoms with Gasteiger partial charge in [0.2, 0.25) is 5.91 Å². The molecule has 172 valence electrons. The molecule has 0 aromatic rings. The number of carbonyl (C=O) groups is 1. The van der Waals surface area contributed by atoms with Crippen LogP contribution in [-0.4, -0.2) is 53.6 Å². The number of rotatable bonds is 8. The average Bonchev–Trinajstić information content (AvgIpc) is 2.61. The standard InChI is InChI=1S/C22H37NO6S/c1-15-6-7-19-21(3,11-8-18(25)16(2)24)9-5-10-22(19,4)17(15)14-20(26)23-12-13-30(27,28)29/h8,11,16-19,24-25H,1,5-7,9-10,12-14H2,2-4H3,(H,23,26)(H,27,28,29)/b11-8+/t16?,17-,18?,19-,21-,22+/m0/s1. The van der Waals surface area contributed by atoms with Gasteiger partial charge >= 0.3 is 0 Å². The van der Waals surface area contributed by atoms with Crippen LogP contribution >= 0.6 is 0 Å². The lowest BCUT2D eigenvalue weighted by Crippen LogP contribution is -2.51. The molecule has 0 aliphatic heterocycles. The van der Waals surface area contributed by atoms with Crippen molar-refractivity contribution >= 4 is 16.0 Å². The van der Waals surface area contributed by atoms with Gasteiger partial charge in [-0.1, -0.05) is 44.6 Å². The van der Waals surface area contributed by atoms with E-state index < -0.39 is 28.1 Å². The van der Waals surface area contributed by atoms with Crippen molar-refractivity contribution < 1.29 is 28.0 Å². The summed E-state index contributed by atoms with van der Waals surface area (Å²) in [4.78, 5) is 12.5. The molecule has 0 radical (unpaired) electrons. The summed E-state index contributed by atoms with van der Waals surface area (Å²) in [6, 6.07) is 0. The van der Waals surface area contributed by atoms with Crippen LogP contribution in [-0.2, 0) is 14.9 Å². The fourth-order valence-corrected chi connectivity index (χ4v) is 5.99. The minimum absolute atomic E-state index is 0.0169. The molecule has 0 aromatic carbocycles. The van der Waals surface area contributed by atoms with Gasteiger partial charge < -0.3 is 15.5 Å². The average molecular weight is 444 g/mol. The van der Waals surface area contributed by atoms with Gasteiger partial charge in [0.1, 0.15) is 0 Å². The van der Waals surface area contributed by atoms with Crippen LogP contribution in [0.3, 0.4) is 0 Å². The van der Waals surface area contributed by atoms with Crippen molar-refractivity contribution in [1.82, 2.24) is 5.32 Å². The minimum Gasteiger partial charge on any atom is -0.390 e. The number of nitrogens with one attached hydrogen (secondary N) is 1. The zero-order valence-electron chi connectivity index (χ0n) is 18.3. The smallest absolute Gasteiger partial charge is 0.266 e. The molecule has 30 heavy (non-hydrogen) atoms. The highest BCUT2D eigenvalue weighted by Gasteiger charge is 2.54. The van der Waals surface area contributed by atoms with E-state index in [4.69, 9.17) is 4.55 Å². The summed E-state index contributed by atoms with van der Waals surface area (Å²) >= 11 is 0. The molecule has 0 saturated heterocycles. The highest BCUT2D eigenvalue weighted by atomic mass is 32.2. The third-order valence-electron chi connectivity index (χ3n) is 7.31. The number of aliphatic hydroxyl groups excluding tert-OH is 2. The van der Waals surface area contributed by atoms with Gasteiger partial charge in [0, 0.05) is 13.0 Å². The quantitative estimate of drug-likeness (QED) is 0.337. The second kappa shape index (κ2) is 9.51. The third-order valence-corrected chi connectivity index (χ3v) is 8.03. The molecule has 7 nitrogen and oxygen atoms in total. The van der Waals surface area contributed by atoms with E-state index in [1.165, 1.54) is 0 Å². The summed E-state index contributed by atoms with van der Waals surface area (Å²) in [6.07, 6.45) is 6.98. The molecular formula is C22H37NO6S. The molecule has 0 heterocycles. The Morgan fingerprint density at radius 1 is 1.33 bits per heavy atom. The van der Waals surface area contributed by atoms with Gasteiger partial charge in [0.25, 0.3) is 10.1 Å². The number of aliphatic hydroxyl groups is 2. The van der Waals surface area contributed by atoms with Gasteiger partial charge in [-0.15, -0.1) is 0 Å². The lowest BCUT2D eigenvalue weighted by atomic mass is 9.46. The molecule has 0 aromatic heterocycles. The van der Waals surface area contributed by atoms with E-state index in [2.05, 4.69) is 25.7 Å². The molecule has 6 atom stereocenters. The summed E-state index contributed by atoms with van der Waals surface area (Å²) in [7, 11) is -4.11. The van der Waals surface area contributed by atoms with Gasteiger partial charge in [0.05, 0.1) is 18.0 Å². The number of hydrogen-bond donors (Lipinski definition) is 4. The Balaban J connectivity index is 2.17. The van der Waals surface area contributed by atoms with Crippen LogP contribution in [0.25, 0.3) is 0 Å². The summed E-state index contributed by atoms with van der Waals surface area (Å²) in [5.41, 5.74) is 0.766. The second-order valence-electron chi connectivity index (χ2n) is 9.60. The van der Waals surface area contributed by atoms with Crippen LogP contribution in [0.1, 0.15) is 59.3 Å². The molecule has 2 aliphatic rings. The fraction of sp³-hybridized carbons (Fsp3) is 0.773. The maximum atomic E-state index is 12.5. The minimum atomic E-state index is -4.11. The van der Waals surface area contributed by atoms with Crippen LogP contribution < -0.4 is 5.32 Å². The Kier molecular flexibility index (Phi) is 7.94. The van der Waals surface area contributed by atoms with Crippen molar-refractivity contribution in [2.24, 2.45) is 22.7 Å². The second-order valence-corrected chi connectivity index (χ2v) is 11.2. The maximum Gasteiger partial charge on any atom is 0.266 e. The topological polar surface area (TPSA) is 124 Å². The zero-order valence-corrected chi connectivity index (χ0v) is 19.1. The summed E-state index contributed by atoms with van der Waals surface area (Å²) in [5.74, 6) is -0.452. The van der Waals surface area contributed by atoms with Gasteiger partial charge in [-0.2, -0.15) is 8.42 Å². The summed E-state index contributed by atoms with van der Waals surface area (Å²) < 4.78 is 30.6. The first-order valence-corrected chi connectivity index (χ1v) is 12.3. The Bertz CT molecular complexity index is 776. The van der Waals surface area contributed by atoms with Crippen LogP contribution in [0, 0.1) is 22.7 Å². The molecule has 2 unspecified atom stereocenters. The lowest BCUT2D eigenvalue weighted by Gasteiger charge is -2.58. The Morgan fingerprint density at radius 3 is 2.60 bits per heavy atom. The molecule has 4 N–H and O–H groups in total. The maximum absolute atomic E-state index is 12.5.